The number of halogens is 1. The minimum Gasteiger partial charge on any atom is -0.370 e. The first-order valence-corrected chi connectivity index (χ1v) is 7.96. The average Bonchev–Trinajstić information content (AvgIpc) is 2.60. The van der Waals surface area contributed by atoms with E-state index < -0.39 is 0 Å². The van der Waals surface area contributed by atoms with Gasteiger partial charge >= 0.3 is 0 Å². The minimum atomic E-state index is 0.0403. The SMILES string of the molecule is CNC(=O)C1CCN(c2c(C#N)cnc3ccc(Cl)cc23)CC1. The highest BCUT2D eigenvalue weighted by molar-refractivity contribution is 6.31. The summed E-state index contributed by atoms with van der Waals surface area (Å²) < 4.78 is 0. The minimum absolute atomic E-state index is 0.0403. The highest BCUT2D eigenvalue weighted by Crippen LogP contribution is 2.33. The van der Waals surface area contributed by atoms with Crippen LogP contribution in [-0.4, -0.2) is 31.0 Å². The van der Waals surface area contributed by atoms with E-state index in [1.54, 1.807) is 19.3 Å². The average molecular weight is 329 g/mol. The van der Waals surface area contributed by atoms with Crippen LogP contribution in [0, 0.1) is 17.2 Å². The van der Waals surface area contributed by atoms with Crippen molar-refractivity contribution >= 4 is 34.1 Å². The molecule has 6 heteroatoms. The van der Waals surface area contributed by atoms with Crippen LogP contribution in [0.4, 0.5) is 5.69 Å². The molecule has 1 amide bonds. The van der Waals surface area contributed by atoms with Crippen molar-refractivity contribution in [2.24, 2.45) is 5.92 Å². The van der Waals surface area contributed by atoms with E-state index in [0.717, 1.165) is 42.5 Å². The molecular weight excluding hydrogens is 312 g/mol. The molecule has 1 aromatic heterocycles. The van der Waals surface area contributed by atoms with Crippen LogP contribution in [0.1, 0.15) is 18.4 Å². The predicted octanol–water partition coefficient (Wildman–Crippen LogP) is 2.72. The normalized spacial score (nSPS) is 15.4. The van der Waals surface area contributed by atoms with Crippen LogP contribution in [0.3, 0.4) is 0 Å². The molecule has 2 aromatic rings. The van der Waals surface area contributed by atoms with E-state index in [9.17, 15) is 10.1 Å². The zero-order valence-electron chi connectivity index (χ0n) is 12.8. The first-order chi connectivity index (χ1) is 11.1. The second-order valence-corrected chi connectivity index (χ2v) is 6.11. The lowest BCUT2D eigenvalue weighted by molar-refractivity contribution is -0.125. The highest BCUT2D eigenvalue weighted by atomic mass is 35.5. The molecule has 5 nitrogen and oxygen atoms in total. The van der Waals surface area contributed by atoms with Crippen molar-refractivity contribution in [1.82, 2.24) is 10.3 Å². The third kappa shape index (κ3) is 2.95. The Kier molecular flexibility index (Phi) is 4.35. The quantitative estimate of drug-likeness (QED) is 0.920. The molecule has 0 spiro atoms. The highest BCUT2D eigenvalue weighted by Gasteiger charge is 2.26. The van der Waals surface area contributed by atoms with E-state index in [1.807, 2.05) is 12.1 Å². The molecule has 0 radical (unpaired) electrons. The molecule has 0 unspecified atom stereocenters. The molecule has 23 heavy (non-hydrogen) atoms. The zero-order valence-corrected chi connectivity index (χ0v) is 13.6. The number of nitriles is 1. The van der Waals surface area contributed by atoms with Gasteiger partial charge in [-0.3, -0.25) is 9.78 Å². The van der Waals surface area contributed by atoms with Gasteiger partial charge in [0.15, 0.2) is 0 Å². The van der Waals surface area contributed by atoms with E-state index in [4.69, 9.17) is 11.6 Å². The Labute approximate surface area is 139 Å². The van der Waals surface area contributed by atoms with E-state index in [-0.39, 0.29) is 11.8 Å². The van der Waals surface area contributed by atoms with E-state index in [0.29, 0.717) is 10.6 Å². The van der Waals surface area contributed by atoms with Gasteiger partial charge in [0.1, 0.15) is 6.07 Å². The van der Waals surface area contributed by atoms with Gasteiger partial charge in [-0.1, -0.05) is 11.6 Å². The Bertz CT molecular complexity index is 791. The Balaban J connectivity index is 1.98. The number of hydrogen-bond acceptors (Lipinski definition) is 4. The van der Waals surface area contributed by atoms with Crippen LogP contribution in [0.2, 0.25) is 5.02 Å². The van der Waals surface area contributed by atoms with Gasteiger partial charge < -0.3 is 10.2 Å². The second-order valence-electron chi connectivity index (χ2n) is 5.67. The molecule has 118 valence electrons. The Morgan fingerprint density at radius 3 is 2.83 bits per heavy atom. The lowest BCUT2D eigenvalue weighted by Crippen LogP contribution is -2.40. The molecule has 2 heterocycles. The fourth-order valence-electron chi connectivity index (χ4n) is 3.14. The van der Waals surface area contributed by atoms with E-state index >= 15 is 0 Å². The molecule has 3 rings (SSSR count). The molecule has 1 aromatic carbocycles. The number of benzene rings is 1. The Morgan fingerprint density at radius 2 is 2.17 bits per heavy atom. The van der Waals surface area contributed by atoms with Crippen molar-refractivity contribution in [2.45, 2.75) is 12.8 Å². The molecular formula is C17H17ClN4O. The van der Waals surface area contributed by atoms with Gasteiger partial charge in [0.25, 0.3) is 0 Å². The maximum Gasteiger partial charge on any atom is 0.222 e. The molecule has 0 bridgehead atoms. The Hall–Kier alpha value is -2.32. The van der Waals surface area contributed by atoms with Gasteiger partial charge in [-0.05, 0) is 31.0 Å². The summed E-state index contributed by atoms with van der Waals surface area (Å²) in [5, 5.41) is 13.7. The molecule has 0 aliphatic carbocycles. The molecule has 1 saturated heterocycles. The summed E-state index contributed by atoms with van der Waals surface area (Å²) in [6, 6.07) is 7.73. The van der Waals surface area contributed by atoms with Crippen LogP contribution in [0.15, 0.2) is 24.4 Å². The van der Waals surface area contributed by atoms with Crippen LogP contribution in [0.5, 0.6) is 0 Å². The summed E-state index contributed by atoms with van der Waals surface area (Å²) in [7, 11) is 1.67. The number of carbonyl (C=O) groups is 1. The van der Waals surface area contributed by atoms with E-state index in [1.165, 1.54) is 0 Å². The number of aromatic nitrogens is 1. The fourth-order valence-corrected chi connectivity index (χ4v) is 3.31. The maximum atomic E-state index is 11.8. The first kappa shape index (κ1) is 15.6. The van der Waals surface area contributed by atoms with Gasteiger partial charge in [0, 0.05) is 42.7 Å². The summed E-state index contributed by atoms with van der Waals surface area (Å²) in [6.07, 6.45) is 3.15. The van der Waals surface area contributed by atoms with Crippen LogP contribution >= 0.6 is 11.6 Å². The zero-order chi connectivity index (χ0) is 16.4. The summed E-state index contributed by atoms with van der Waals surface area (Å²) in [6.45, 7) is 1.47. The molecule has 0 atom stereocenters. The van der Waals surface area contributed by atoms with Crippen molar-refractivity contribution in [3.05, 3.63) is 35.0 Å². The van der Waals surface area contributed by atoms with Crippen LogP contribution < -0.4 is 10.2 Å². The second kappa shape index (κ2) is 6.43. The van der Waals surface area contributed by atoms with Gasteiger partial charge in [-0.15, -0.1) is 0 Å². The Morgan fingerprint density at radius 1 is 1.43 bits per heavy atom. The molecule has 0 saturated carbocycles. The third-order valence-electron chi connectivity index (χ3n) is 4.35. The standard InChI is InChI=1S/C17H17ClN4O/c1-20-17(23)11-4-6-22(7-5-11)16-12(9-19)10-21-15-3-2-13(18)8-14(15)16/h2-3,8,10-11H,4-7H2,1H3,(H,20,23). The topological polar surface area (TPSA) is 69.0 Å². The van der Waals surface area contributed by atoms with Crippen LogP contribution in [0.25, 0.3) is 10.9 Å². The number of nitrogens with one attached hydrogen (secondary N) is 1. The van der Waals surface area contributed by atoms with Gasteiger partial charge in [-0.25, -0.2) is 0 Å². The number of amides is 1. The predicted molar refractivity (Wildman–Crippen MR) is 90.5 cm³/mol. The molecule has 1 fully saturated rings. The number of anilines is 1. The lowest BCUT2D eigenvalue weighted by atomic mass is 9.94. The van der Waals surface area contributed by atoms with Gasteiger partial charge in [0.05, 0.1) is 16.8 Å². The summed E-state index contributed by atoms with van der Waals surface area (Å²) in [5.41, 5.74) is 2.23. The fraction of sp³-hybridized carbons (Fsp3) is 0.353. The number of fused-ring (bicyclic) bond motifs is 1. The summed E-state index contributed by atoms with van der Waals surface area (Å²) in [4.78, 5) is 18.3. The number of hydrogen-bond donors (Lipinski definition) is 1. The number of carbonyl (C=O) groups excluding carboxylic acids is 1. The summed E-state index contributed by atoms with van der Waals surface area (Å²) in [5.74, 6) is 0.131. The monoisotopic (exact) mass is 328 g/mol. The molecule has 1 N–H and O–H groups in total. The molecule has 1 aliphatic rings. The smallest absolute Gasteiger partial charge is 0.222 e. The molecule has 1 aliphatic heterocycles. The van der Waals surface area contributed by atoms with Gasteiger partial charge in [0.2, 0.25) is 5.91 Å². The number of pyridine rings is 1. The summed E-state index contributed by atoms with van der Waals surface area (Å²) >= 11 is 6.13. The lowest BCUT2D eigenvalue weighted by Gasteiger charge is -2.34. The number of piperidine rings is 1. The van der Waals surface area contributed by atoms with E-state index in [2.05, 4.69) is 21.3 Å². The number of nitrogens with zero attached hydrogens (tertiary/aromatic N) is 3. The first-order valence-electron chi connectivity index (χ1n) is 7.59. The third-order valence-corrected chi connectivity index (χ3v) is 4.59. The number of rotatable bonds is 2. The largest absolute Gasteiger partial charge is 0.370 e. The maximum absolute atomic E-state index is 11.8. The van der Waals surface area contributed by atoms with Crippen molar-refractivity contribution < 1.29 is 4.79 Å². The van der Waals surface area contributed by atoms with Gasteiger partial charge in [-0.2, -0.15) is 5.26 Å². The van der Waals surface area contributed by atoms with Crippen molar-refractivity contribution in [3.63, 3.8) is 0 Å². The van der Waals surface area contributed by atoms with Crippen molar-refractivity contribution in [3.8, 4) is 6.07 Å². The van der Waals surface area contributed by atoms with Crippen molar-refractivity contribution in [2.75, 3.05) is 25.0 Å². The van der Waals surface area contributed by atoms with Crippen molar-refractivity contribution in [1.29, 1.82) is 5.26 Å². The van der Waals surface area contributed by atoms with Crippen LogP contribution in [-0.2, 0) is 4.79 Å².